The summed E-state index contributed by atoms with van der Waals surface area (Å²) < 4.78 is 0. The molecule has 0 amide bonds. The zero-order valence-corrected chi connectivity index (χ0v) is 24.6. The van der Waals surface area contributed by atoms with Gasteiger partial charge in [0.1, 0.15) is 0 Å². The standard InChI is InChI=1S/C30H42N8.BrH/c1-3-27-19-31-11-15-37(16-12-32-20-28(4-1)35-27)23-25-7-9-26(10-8-25)24-38-17-13-33-21-29-5-2-6-30(36-29)22-34-14-18-38;/h1-10,31-34H,11-24H2;1H. The van der Waals surface area contributed by atoms with Crippen LogP contribution >= 0.6 is 17.0 Å². The van der Waals surface area contributed by atoms with Crippen LogP contribution in [0.1, 0.15) is 33.9 Å². The van der Waals surface area contributed by atoms with Crippen LogP contribution in [0, 0.1) is 0 Å². The van der Waals surface area contributed by atoms with E-state index in [1.807, 2.05) is 0 Å². The van der Waals surface area contributed by atoms with E-state index < -0.39 is 0 Å². The topological polar surface area (TPSA) is 80.4 Å². The van der Waals surface area contributed by atoms with E-state index in [0.29, 0.717) is 0 Å². The molecule has 1 aromatic carbocycles. The molecule has 3 aromatic rings. The molecule has 4 bridgehead atoms. The van der Waals surface area contributed by atoms with Crippen molar-refractivity contribution >= 4 is 17.0 Å². The molecule has 4 heterocycles. The average Bonchev–Trinajstić information content (AvgIpc) is 2.93. The Morgan fingerprint density at radius 1 is 0.487 bits per heavy atom. The Morgan fingerprint density at radius 3 is 1.10 bits per heavy atom. The van der Waals surface area contributed by atoms with E-state index in [1.54, 1.807) is 0 Å². The van der Waals surface area contributed by atoms with Crippen molar-refractivity contribution in [3.63, 3.8) is 0 Å². The number of pyridine rings is 2. The quantitative estimate of drug-likeness (QED) is 0.367. The Bertz CT molecular complexity index is 983. The highest BCUT2D eigenvalue weighted by molar-refractivity contribution is 8.93. The highest BCUT2D eigenvalue weighted by Gasteiger charge is 2.11. The molecule has 9 heteroatoms. The van der Waals surface area contributed by atoms with E-state index in [4.69, 9.17) is 9.97 Å². The lowest BCUT2D eigenvalue weighted by Crippen LogP contribution is -2.37. The first-order valence-electron chi connectivity index (χ1n) is 14.1. The van der Waals surface area contributed by atoms with Gasteiger partial charge in [0.2, 0.25) is 0 Å². The van der Waals surface area contributed by atoms with Crippen molar-refractivity contribution in [3.8, 4) is 0 Å². The Morgan fingerprint density at radius 2 is 0.795 bits per heavy atom. The molecular weight excluding hydrogens is 552 g/mol. The molecule has 0 saturated heterocycles. The number of nitrogens with one attached hydrogen (secondary N) is 4. The van der Waals surface area contributed by atoms with Crippen LogP contribution in [0.3, 0.4) is 0 Å². The maximum atomic E-state index is 4.72. The van der Waals surface area contributed by atoms with E-state index in [1.165, 1.54) is 11.1 Å². The van der Waals surface area contributed by atoms with Crippen LogP contribution in [0.5, 0.6) is 0 Å². The maximum absolute atomic E-state index is 4.72. The monoisotopic (exact) mass is 594 g/mol. The molecule has 2 aliphatic heterocycles. The van der Waals surface area contributed by atoms with Gasteiger partial charge in [-0.05, 0) is 35.4 Å². The predicted molar refractivity (Wildman–Crippen MR) is 163 cm³/mol. The third-order valence-electron chi connectivity index (χ3n) is 7.21. The number of rotatable bonds is 4. The van der Waals surface area contributed by atoms with Gasteiger partial charge >= 0.3 is 0 Å². The fraction of sp³-hybridized carbons (Fsp3) is 0.467. The molecule has 0 atom stereocenters. The van der Waals surface area contributed by atoms with Crippen molar-refractivity contribution in [1.82, 2.24) is 41.0 Å². The van der Waals surface area contributed by atoms with Gasteiger partial charge in [0.15, 0.2) is 0 Å². The Labute approximate surface area is 243 Å². The summed E-state index contributed by atoms with van der Waals surface area (Å²) in [7, 11) is 0. The predicted octanol–water partition coefficient (Wildman–Crippen LogP) is 2.44. The van der Waals surface area contributed by atoms with Crippen LogP contribution in [0.2, 0.25) is 0 Å². The molecule has 0 spiro atoms. The van der Waals surface area contributed by atoms with Crippen molar-refractivity contribution in [2.75, 3.05) is 52.4 Å². The first kappa shape index (κ1) is 29.7. The summed E-state index contributed by atoms with van der Waals surface area (Å²) >= 11 is 0. The van der Waals surface area contributed by atoms with Crippen molar-refractivity contribution in [3.05, 3.63) is 94.6 Å². The zero-order valence-electron chi connectivity index (χ0n) is 22.9. The lowest BCUT2D eigenvalue weighted by Gasteiger charge is -2.25. The van der Waals surface area contributed by atoms with Gasteiger partial charge in [-0.3, -0.25) is 19.8 Å². The molecule has 0 aliphatic carbocycles. The minimum Gasteiger partial charge on any atom is -0.310 e. The fourth-order valence-corrected chi connectivity index (χ4v) is 5.07. The van der Waals surface area contributed by atoms with E-state index in [0.717, 1.165) is 114 Å². The van der Waals surface area contributed by atoms with Crippen LogP contribution in [0.25, 0.3) is 0 Å². The number of halogens is 1. The van der Waals surface area contributed by atoms with Gasteiger partial charge in [-0.15, -0.1) is 17.0 Å². The molecule has 8 nitrogen and oxygen atoms in total. The van der Waals surface area contributed by atoms with E-state index >= 15 is 0 Å². The summed E-state index contributed by atoms with van der Waals surface area (Å²) in [6.07, 6.45) is 0. The van der Waals surface area contributed by atoms with Crippen molar-refractivity contribution in [2.24, 2.45) is 0 Å². The fourth-order valence-electron chi connectivity index (χ4n) is 5.07. The summed E-state index contributed by atoms with van der Waals surface area (Å²) in [6, 6.07) is 21.9. The van der Waals surface area contributed by atoms with Gasteiger partial charge in [0.05, 0.1) is 22.8 Å². The Balaban J connectivity index is 0.00000353. The number of nitrogens with zero attached hydrogens (tertiary/aromatic N) is 4. The maximum Gasteiger partial charge on any atom is 0.0545 e. The first-order valence-corrected chi connectivity index (χ1v) is 14.1. The van der Waals surface area contributed by atoms with Crippen LogP contribution in [0.15, 0.2) is 60.7 Å². The van der Waals surface area contributed by atoms with Crippen LogP contribution in [0.4, 0.5) is 0 Å². The number of aromatic nitrogens is 2. The van der Waals surface area contributed by atoms with Gasteiger partial charge in [-0.1, -0.05) is 36.4 Å². The second-order valence-electron chi connectivity index (χ2n) is 10.3. The van der Waals surface area contributed by atoms with Gasteiger partial charge < -0.3 is 21.3 Å². The van der Waals surface area contributed by atoms with Crippen molar-refractivity contribution in [1.29, 1.82) is 0 Å². The average molecular weight is 596 g/mol. The third kappa shape index (κ3) is 10.0. The molecule has 0 radical (unpaired) electrons. The lowest BCUT2D eigenvalue weighted by atomic mass is 10.1. The van der Waals surface area contributed by atoms with Crippen molar-refractivity contribution < 1.29 is 0 Å². The SMILES string of the molecule is Br.c1cc2nc(c1)CNCCN(Cc1ccc(CN3CCNCc4cccc(n4)CNCC3)cc1)CCNC2. The molecule has 2 aromatic heterocycles. The number of benzene rings is 1. The number of hydrogen-bond donors (Lipinski definition) is 4. The Kier molecular flexibility index (Phi) is 12.3. The van der Waals surface area contributed by atoms with Crippen LogP contribution in [-0.2, 0) is 39.3 Å². The van der Waals surface area contributed by atoms with Crippen LogP contribution in [-0.4, -0.2) is 72.1 Å². The number of hydrogen-bond acceptors (Lipinski definition) is 8. The van der Waals surface area contributed by atoms with Gasteiger partial charge in [-0.25, -0.2) is 0 Å². The van der Waals surface area contributed by atoms with Gasteiger partial charge in [0.25, 0.3) is 0 Å². The largest absolute Gasteiger partial charge is 0.310 e. The molecule has 210 valence electrons. The molecule has 0 unspecified atom stereocenters. The van der Waals surface area contributed by atoms with Crippen LogP contribution < -0.4 is 21.3 Å². The summed E-state index contributed by atoms with van der Waals surface area (Å²) in [5.74, 6) is 0. The molecule has 0 saturated carbocycles. The summed E-state index contributed by atoms with van der Waals surface area (Å²) in [4.78, 5) is 14.5. The summed E-state index contributed by atoms with van der Waals surface area (Å²) in [6.45, 7) is 13.2. The normalized spacial score (nSPS) is 18.5. The summed E-state index contributed by atoms with van der Waals surface area (Å²) in [5.41, 5.74) is 7.20. The third-order valence-corrected chi connectivity index (χ3v) is 7.21. The van der Waals surface area contributed by atoms with Crippen molar-refractivity contribution in [2.45, 2.75) is 39.3 Å². The highest BCUT2D eigenvalue weighted by Crippen LogP contribution is 2.11. The molecule has 5 rings (SSSR count). The van der Waals surface area contributed by atoms with E-state index in [-0.39, 0.29) is 17.0 Å². The molecule has 4 N–H and O–H groups in total. The van der Waals surface area contributed by atoms with E-state index in [2.05, 4.69) is 91.7 Å². The molecule has 0 fully saturated rings. The lowest BCUT2D eigenvalue weighted by molar-refractivity contribution is 0.261. The zero-order chi connectivity index (χ0) is 25.8. The van der Waals surface area contributed by atoms with Gasteiger partial charge in [-0.2, -0.15) is 0 Å². The molecular formula is C30H43BrN8. The summed E-state index contributed by atoms with van der Waals surface area (Å²) in [5, 5.41) is 14.3. The minimum absolute atomic E-state index is 0. The van der Waals surface area contributed by atoms with Gasteiger partial charge in [0, 0.05) is 91.6 Å². The van der Waals surface area contributed by atoms with E-state index in [9.17, 15) is 0 Å². The molecule has 39 heavy (non-hydrogen) atoms. The molecule has 2 aliphatic rings. The highest BCUT2D eigenvalue weighted by atomic mass is 79.9. The second-order valence-corrected chi connectivity index (χ2v) is 10.3. The minimum atomic E-state index is 0. The number of fused-ring (bicyclic) bond motifs is 4. The first-order chi connectivity index (χ1) is 18.8. The second kappa shape index (κ2) is 16.1. The Hall–Kier alpha value is -2.24. The smallest absolute Gasteiger partial charge is 0.0545 e.